The summed E-state index contributed by atoms with van der Waals surface area (Å²) in [5.41, 5.74) is 4.43. The second-order valence-corrected chi connectivity index (χ2v) is 5.32. The molecule has 0 spiro atoms. The van der Waals surface area contributed by atoms with E-state index < -0.39 is 0 Å². The Morgan fingerprint density at radius 1 is 1.00 bits per heavy atom. The third-order valence-electron chi connectivity index (χ3n) is 3.71. The number of benzene rings is 2. The molecule has 0 atom stereocenters. The van der Waals surface area contributed by atoms with Gasteiger partial charge in [0.15, 0.2) is 5.75 Å². The number of aromatic nitrogens is 3. The predicted molar refractivity (Wildman–Crippen MR) is 87.9 cm³/mol. The number of rotatable bonds is 3. The van der Waals surface area contributed by atoms with E-state index in [0.29, 0.717) is 5.75 Å². The Kier molecular flexibility index (Phi) is 3.12. The molecule has 0 aliphatic carbocycles. The van der Waals surface area contributed by atoms with Crippen molar-refractivity contribution in [1.29, 1.82) is 0 Å². The van der Waals surface area contributed by atoms with E-state index in [4.69, 9.17) is 9.15 Å². The van der Waals surface area contributed by atoms with Crippen LogP contribution in [0.25, 0.3) is 28.0 Å². The van der Waals surface area contributed by atoms with Crippen LogP contribution in [0.3, 0.4) is 0 Å². The van der Waals surface area contributed by atoms with Gasteiger partial charge >= 0.3 is 0 Å². The number of nitrogens with zero attached hydrogens (tertiary/aromatic N) is 3. The maximum atomic E-state index is 5.64. The Balaban J connectivity index is 1.97. The fraction of sp³-hybridized carbons (Fsp3) is 0.111. The van der Waals surface area contributed by atoms with E-state index in [1.807, 2.05) is 55.5 Å². The molecule has 0 amide bonds. The molecule has 0 radical (unpaired) electrons. The highest BCUT2D eigenvalue weighted by atomic mass is 16.5. The molecule has 23 heavy (non-hydrogen) atoms. The van der Waals surface area contributed by atoms with Crippen molar-refractivity contribution in [3.63, 3.8) is 0 Å². The molecule has 2 aromatic heterocycles. The summed E-state index contributed by atoms with van der Waals surface area (Å²) in [5, 5.41) is 9.10. The Morgan fingerprint density at radius 3 is 2.35 bits per heavy atom. The second-order valence-electron chi connectivity index (χ2n) is 5.32. The van der Waals surface area contributed by atoms with Crippen LogP contribution < -0.4 is 4.74 Å². The van der Waals surface area contributed by atoms with Crippen LogP contribution in [-0.4, -0.2) is 22.1 Å². The number of hydrogen-bond acceptors (Lipinski definition) is 4. The molecular weight excluding hydrogens is 290 g/mol. The van der Waals surface area contributed by atoms with Gasteiger partial charge in [-0.3, -0.25) is 0 Å². The summed E-state index contributed by atoms with van der Waals surface area (Å²) in [7, 11) is 1.64. The quantitative estimate of drug-likeness (QED) is 0.574. The van der Waals surface area contributed by atoms with Crippen LogP contribution in [0.4, 0.5) is 0 Å². The maximum Gasteiger partial charge on any atom is 0.157 e. The number of hydrogen-bond donors (Lipinski definition) is 0. The van der Waals surface area contributed by atoms with Crippen LogP contribution in [0.1, 0.15) is 5.56 Å². The molecule has 4 rings (SSSR count). The zero-order valence-corrected chi connectivity index (χ0v) is 12.9. The molecule has 5 heteroatoms. The molecule has 114 valence electrons. The highest BCUT2D eigenvalue weighted by Gasteiger charge is 2.17. The molecule has 5 nitrogen and oxygen atoms in total. The monoisotopic (exact) mass is 305 g/mol. The molecule has 0 N–H and O–H groups in total. The minimum absolute atomic E-state index is 0.686. The maximum absolute atomic E-state index is 5.64. The molecule has 0 fully saturated rings. The smallest absolute Gasteiger partial charge is 0.157 e. The van der Waals surface area contributed by atoms with Gasteiger partial charge in [-0.05, 0) is 48.9 Å². The van der Waals surface area contributed by atoms with Gasteiger partial charge in [0.05, 0.1) is 18.9 Å². The summed E-state index contributed by atoms with van der Waals surface area (Å²) in [5.74, 6) is 1.44. The highest BCUT2D eigenvalue weighted by Crippen LogP contribution is 2.36. The van der Waals surface area contributed by atoms with E-state index >= 15 is 0 Å². The normalized spacial score (nSPS) is 11.0. The summed E-state index contributed by atoms with van der Waals surface area (Å²) in [6.45, 7) is 2.03. The summed E-state index contributed by atoms with van der Waals surface area (Å²) in [6.07, 6.45) is 1.65. The van der Waals surface area contributed by atoms with E-state index in [1.165, 1.54) is 0 Å². The van der Waals surface area contributed by atoms with Crippen LogP contribution >= 0.6 is 0 Å². The summed E-state index contributed by atoms with van der Waals surface area (Å²) in [4.78, 5) is 1.61. The fourth-order valence-electron chi connectivity index (χ4n) is 2.70. The topological polar surface area (TPSA) is 53.1 Å². The van der Waals surface area contributed by atoms with Gasteiger partial charge in [-0.2, -0.15) is 0 Å². The summed E-state index contributed by atoms with van der Waals surface area (Å²) < 4.78 is 11.2. The van der Waals surface area contributed by atoms with E-state index in [0.717, 1.165) is 33.6 Å². The van der Waals surface area contributed by atoms with Crippen molar-refractivity contribution in [1.82, 2.24) is 15.0 Å². The first kappa shape index (κ1) is 13.6. The van der Waals surface area contributed by atoms with Crippen LogP contribution in [0.5, 0.6) is 5.75 Å². The Morgan fingerprint density at radius 2 is 1.74 bits per heavy atom. The molecule has 2 aromatic carbocycles. The number of aryl methyl sites for hydroxylation is 1. The summed E-state index contributed by atoms with van der Waals surface area (Å²) >= 11 is 0. The average molecular weight is 305 g/mol. The SMILES string of the molecule is COc1c(-c2ccco2)cc(C)cc1-n1nc2ccccc2n1. The average Bonchev–Trinajstić information content (AvgIpc) is 3.23. The number of furan rings is 1. The Labute approximate surface area is 133 Å². The van der Waals surface area contributed by atoms with Gasteiger partial charge < -0.3 is 9.15 Å². The van der Waals surface area contributed by atoms with Gasteiger partial charge in [0.1, 0.15) is 22.5 Å². The van der Waals surface area contributed by atoms with Crippen molar-refractivity contribution in [3.05, 3.63) is 60.4 Å². The lowest BCUT2D eigenvalue weighted by Gasteiger charge is -2.12. The predicted octanol–water partition coefficient (Wildman–Crippen LogP) is 4.00. The Hall–Kier alpha value is -3.08. The molecule has 0 saturated heterocycles. The van der Waals surface area contributed by atoms with E-state index in [2.05, 4.69) is 10.2 Å². The van der Waals surface area contributed by atoms with Gasteiger partial charge in [0.2, 0.25) is 0 Å². The van der Waals surface area contributed by atoms with Crippen molar-refractivity contribution in [2.24, 2.45) is 0 Å². The first-order valence-corrected chi connectivity index (χ1v) is 7.31. The van der Waals surface area contributed by atoms with Gasteiger partial charge in [-0.25, -0.2) is 0 Å². The number of methoxy groups -OCH3 is 1. The minimum atomic E-state index is 0.686. The van der Waals surface area contributed by atoms with Gasteiger partial charge in [-0.1, -0.05) is 12.1 Å². The lowest BCUT2D eigenvalue weighted by atomic mass is 10.1. The minimum Gasteiger partial charge on any atom is -0.494 e. The molecule has 4 aromatic rings. The largest absolute Gasteiger partial charge is 0.494 e. The van der Waals surface area contributed by atoms with Crippen molar-refractivity contribution in [3.8, 4) is 22.8 Å². The van der Waals surface area contributed by atoms with Crippen molar-refractivity contribution >= 4 is 11.0 Å². The Bertz CT molecular complexity index is 938. The second kappa shape index (κ2) is 5.28. The van der Waals surface area contributed by atoms with Gasteiger partial charge in [0.25, 0.3) is 0 Å². The zero-order chi connectivity index (χ0) is 15.8. The first-order valence-electron chi connectivity index (χ1n) is 7.31. The molecule has 0 aliphatic heterocycles. The van der Waals surface area contributed by atoms with Crippen LogP contribution in [0.2, 0.25) is 0 Å². The molecular formula is C18H15N3O2. The third kappa shape index (κ3) is 2.26. The number of fused-ring (bicyclic) bond motifs is 1. The third-order valence-corrected chi connectivity index (χ3v) is 3.71. The van der Waals surface area contributed by atoms with Crippen LogP contribution in [-0.2, 0) is 0 Å². The van der Waals surface area contributed by atoms with E-state index in [-0.39, 0.29) is 0 Å². The summed E-state index contributed by atoms with van der Waals surface area (Å²) in [6, 6.07) is 15.6. The first-order chi connectivity index (χ1) is 11.3. The molecule has 0 unspecified atom stereocenters. The van der Waals surface area contributed by atoms with E-state index in [9.17, 15) is 0 Å². The van der Waals surface area contributed by atoms with Crippen LogP contribution in [0, 0.1) is 6.92 Å². The molecule has 0 bridgehead atoms. The van der Waals surface area contributed by atoms with Crippen molar-refractivity contribution in [2.45, 2.75) is 6.92 Å². The van der Waals surface area contributed by atoms with Crippen LogP contribution in [0.15, 0.2) is 59.2 Å². The van der Waals surface area contributed by atoms with Crippen molar-refractivity contribution < 1.29 is 9.15 Å². The van der Waals surface area contributed by atoms with Gasteiger partial charge in [0, 0.05) is 0 Å². The standard InChI is InChI=1S/C18H15N3O2/c1-12-10-13(17-8-5-9-23-17)18(22-2)16(11-12)21-19-14-6-3-4-7-15(14)20-21/h3-11H,1-2H3. The molecule has 0 aliphatic rings. The van der Waals surface area contributed by atoms with Gasteiger partial charge in [-0.15, -0.1) is 15.0 Å². The van der Waals surface area contributed by atoms with E-state index in [1.54, 1.807) is 18.2 Å². The van der Waals surface area contributed by atoms with Crippen molar-refractivity contribution in [2.75, 3.05) is 7.11 Å². The zero-order valence-electron chi connectivity index (χ0n) is 12.9. The highest BCUT2D eigenvalue weighted by molar-refractivity contribution is 5.76. The lowest BCUT2D eigenvalue weighted by Crippen LogP contribution is -2.03. The molecule has 0 saturated carbocycles. The molecule has 2 heterocycles. The number of ether oxygens (including phenoxy) is 1. The lowest BCUT2D eigenvalue weighted by molar-refractivity contribution is 0.410. The fourth-order valence-corrected chi connectivity index (χ4v) is 2.70.